The molecule has 0 unspecified atom stereocenters. The average molecular weight is 329 g/mol. The Balaban J connectivity index is 2.61. The van der Waals surface area contributed by atoms with E-state index in [4.69, 9.17) is 16.3 Å². The molecule has 0 fully saturated rings. The highest BCUT2D eigenvalue weighted by atomic mass is 35.5. The van der Waals surface area contributed by atoms with Gasteiger partial charge in [-0.1, -0.05) is 30.4 Å². The van der Waals surface area contributed by atoms with E-state index in [1.165, 1.54) is 0 Å². The highest BCUT2D eigenvalue weighted by Crippen LogP contribution is 2.39. The van der Waals surface area contributed by atoms with Crippen molar-refractivity contribution in [3.8, 4) is 22.6 Å². The normalized spacial score (nSPS) is 10.3. The van der Waals surface area contributed by atoms with Crippen molar-refractivity contribution in [2.24, 2.45) is 0 Å². The van der Waals surface area contributed by atoms with Crippen LogP contribution in [-0.4, -0.2) is 17.6 Å². The van der Waals surface area contributed by atoms with Gasteiger partial charge in [0.15, 0.2) is 0 Å². The fourth-order valence-corrected chi connectivity index (χ4v) is 2.64. The zero-order chi connectivity index (χ0) is 16.7. The molecule has 0 radical (unpaired) electrons. The summed E-state index contributed by atoms with van der Waals surface area (Å²) >= 11 is 5.74. The summed E-state index contributed by atoms with van der Waals surface area (Å²) in [6, 6.07) is 11.5. The maximum Gasteiger partial charge on any atom is 0.127 e. The Morgan fingerprint density at radius 1 is 1.09 bits per heavy atom. The third kappa shape index (κ3) is 4.17. The van der Waals surface area contributed by atoms with Crippen LogP contribution in [0.2, 0.25) is 0 Å². The molecule has 2 aromatic carbocycles. The summed E-state index contributed by atoms with van der Waals surface area (Å²) in [5.74, 6) is 1.36. The molecule has 0 saturated heterocycles. The Morgan fingerprint density at radius 2 is 1.87 bits per heavy atom. The molecule has 2 aromatic rings. The first-order valence-corrected chi connectivity index (χ1v) is 8.09. The predicted molar refractivity (Wildman–Crippen MR) is 97.6 cm³/mol. The molecule has 0 amide bonds. The molecule has 0 atom stereocenters. The summed E-state index contributed by atoms with van der Waals surface area (Å²) < 4.78 is 5.77. The van der Waals surface area contributed by atoms with Gasteiger partial charge in [0.05, 0.1) is 5.88 Å². The van der Waals surface area contributed by atoms with Crippen LogP contribution >= 0.6 is 11.6 Å². The van der Waals surface area contributed by atoms with Gasteiger partial charge in [0.2, 0.25) is 0 Å². The Morgan fingerprint density at radius 3 is 2.57 bits per heavy atom. The minimum absolute atomic E-state index is 0.232. The van der Waals surface area contributed by atoms with Crippen LogP contribution in [0.25, 0.3) is 11.1 Å². The van der Waals surface area contributed by atoms with Gasteiger partial charge in [-0.15, -0.1) is 24.8 Å². The maximum atomic E-state index is 10.4. The number of hydrogen-bond donors (Lipinski definition) is 1. The van der Waals surface area contributed by atoms with Crippen molar-refractivity contribution in [1.29, 1.82) is 0 Å². The summed E-state index contributed by atoms with van der Waals surface area (Å²) in [6.07, 6.45) is 5.11. The Hall–Kier alpha value is -2.19. The van der Waals surface area contributed by atoms with Crippen LogP contribution in [0.5, 0.6) is 11.5 Å². The van der Waals surface area contributed by atoms with Crippen LogP contribution in [-0.2, 0) is 12.8 Å². The van der Waals surface area contributed by atoms with E-state index in [1.54, 1.807) is 6.07 Å². The molecule has 0 saturated carbocycles. The Labute approximate surface area is 142 Å². The Bertz CT molecular complexity index is 692. The van der Waals surface area contributed by atoms with Gasteiger partial charge in [-0.2, -0.15) is 0 Å². The zero-order valence-corrected chi connectivity index (χ0v) is 13.9. The fraction of sp³-hybridized carbons (Fsp3) is 0.200. The molecule has 0 heterocycles. The van der Waals surface area contributed by atoms with E-state index in [-0.39, 0.29) is 5.75 Å². The van der Waals surface area contributed by atoms with E-state index >= 15 is 0 Å². The lowest BCUT2D eigenvalue weighted by molar-refractivity contribution is 0.344. The van der Waals surface area contributed by atoms with E-state index in [0.29, 0.717) is 24.7 Å². The molecule has 0 aromatic heterocycles. The number of phenols is 1. The molecule has 2 rings (SSSR count). The lowest BCUT2D eigenvalue weighted by Gasteiger charge is -2.16. The van der Waals surface area contributed by atoms with Gasteiger partial charge >= 0.3 is 0 Å². The van der Waals surface area contributed by atoms with Crippen LogP contribution in [0.15, 0.2) is 61.7 Å². The number of phenolic OH excluding ortho intramolecular Hbond substituents is 1. The summed E-state index contributed by atoms with van der Waals surface area (Å²) in [5, 5.41) is 10.4. The van der Waals surface area contributed by atoms with Crippen LogP contribution in [0.3, 0.4) is 0 Å². The predicted octanol–water partition coefficient (Wildman–Crippen LogP) is 5.13. The number of halogens is 1. The van der Waals surface area contributed by atoms with Crippen molar-refractivity contribution in [3.63, 3.8) is 0 Å². The monoisotopic (exact) mass is 328 g/mol. The van der Waals surface area contributed by atoms with Crippen molar-refractivity contribution in [2.75, 3.05) is 12.5 Å². The van der Waals surface area contributed by atoms with Crippen molar-refractivity contribution in [3.05, 3.63) is 72.8 Å². The molecule has 3 heteroatoms. The minimum atomic E-state index is 0.232. The molecule has 120 valence electrons. The first-order chi connectivity index (χ1) is 11.2. The highest BCUT2D eigenvalue weighted by Gasteiger charge is 2.15. The SMILES string of the molecule is C=CCc1ccc(OCCCl)c(-c2c(O)cccc2CC=C)c1. The van der Waals surface area contributed by atoms with Crippen molar-refractivity contribution >= 4 is 11.6 Å². The molecule has 1 N–H and O–H groups in total. The van der Waals surface area contributed by atoms with E-state index in [1.807, 2.05) is 42.5 Å². The van der Waals surface area contributed by atoms with Crippen LogP contribution in [0.1, 0.15) is 11.1 Å². The molecule has 2 nitrogen and oxygen atoms in total. The Kier molecular flexibility index (Phi) is 6.30. The van der Waals surface area contributed by atoms with E-state index in [9.17, 15) is 5.11 Å². The molecular weight excluding hydrogens is 308 g/mol. The average Bonchev–Trinajstić information content (AvgIpc) is 2.54. The van der Waals surface area contributed by atoms with Crippen molar-refractivity contribution in [1.82, 2.24) is 0 Å². The van der Waals surface area contributed by atoms with Crippen molar-refractivity contribution < 1.29 is 9.84 Å². The van der Waals surface area contributed by atoms with Crippen molar-refractivity contribution in [2.45, 2.75) is 12.8 Å². The second-order valence-corrected chi connectivity index (χ2v) is 5.54. The topological polar surface area (TPSA) is 29.5 Å². The van der Waals surface area contributed by atoms with Gasteiger partial charge in [-0.3, -0.25) is 0 Å². The van der Waals surface area contributed by atoms with E-state index in [0.717, 1.165) is 28.7 Å². The molecule has 0 bridgehead atoms. The van der Waals surface area contributed by atoms with Crippen LogP contribution in [0.4, 0.5) is 0 Å². The lowest BCUT2D eigenvalue weighted by atomic mass is 9.94. The second-order valence-electron chi connectivity index (χ2n) is 5.16. The van der Waals surface area contributed by atoms with Crippen LogP contribution in [0, 0.1) is 0 Å². The first-order valence-electron chi connectivity index (χ1n) is 7.56. The highest BCUT2D eigenvalue weighted by molar-refractivity contribution is 6.18. The van der Waals surface area contributed by atoms with Gasteiger partial charge in [0.25, 0.3) is 0 Å². The maximum absolute atomic E-state index is 10.4. The molecule has 0 aliphatic rings. The lowest BCUT2D eigenvalue weighted by Crippen LogP contribution is -2.01. The third-order valence-corrected chi connectivity index (χ3v) is 3.68. The second kappa shape index (κ2) is 8.44. The summed E-state index contributed by atoms with van der Waals surface area (Å²) in [5.41, 5.74) is 3.76. The largest absolute Gasteiger partial charge is 0.507 e. The number of hydrogen-bond acceptors (Lipinski definition) is 2. The standard InChI is InChI=1S/C20H21ClO2/c1-3-6-15-10-11-19(23-13-12-21)17(14-15)20-16(7-4-2)8-5-9-18(20)22/h3-5,8-11,14,22H,1-2,6-7,12-13H2. The first kappa shape index (κ1) is 17.2. The molecular formula is C20H21ClO2. The third-order valence-electron chi connectivity index (χ3n) is 3.52. The zero-order valence-electron chi connectivity index (χ0n) is 13.1. The van der Waals surface area contributed by atoms with Gasteiger partial charge in [0.1, 0.15) is 18.1 Å². The number of aromatic hydroxyl groups is 1. The fourth-order valence-electron chi connectivity index (χ4n) is 2.56. The quantitative estimate of drug-likeness (QED) is 0.537. The number of ether oxygens (including phenoxy) is 1. The molecule has 23 heavy (non-hydrogen) atoms. The van der Waals surface area contributed by atoms with Gasteiger partial charge < -0.3 is 9.84 Å². The molecule has 0 aliphatic heterocycles. The number of rotatable bonds is 8. The van der Waals surface area contributed by atoms with Gasteiger partial charge in [-0.25, -0.2) is 0 Å². The number of alkyl halides is 1. The van der Waals surface area contributed by atoms with E-state index in [2.05, 4.69) is 13.2 Å². The summed E-state index contributed by atoms with van der Waals surface area (Å²) in [4.78, 5) is 0. The summed E-state index contributed by atoms with van der Waals surface area (Å²) in [6.45, 7) is 8.00. The van der Waals surface area contributed by atoms with E-state index < -0.39 is 0 Å². The molecule has 0 spiro atoms. The minimum Gasteiger partial charge on any atom is -0.507 e. The number of allylic oxidation sites excluding steroid dienone is 2. The van der Waals surface area contributed by atoms with Gasteiger partial charge in [0, 0.05) is 11.1 Å². The van der Waals surface area contributed by atoms with Crippen LogP contribution < -0.4 is 4.74 Å². The smallest absolute Gasteiger partial charge is 0.127 e. The summed E-state index contributed by atoms with van der Waals surface area (Å²) in [7, 11) is 0. The van der Waals surface area contributed by atoms with Gasteiger partial charge in [-0.05, 0) is 42.2 Å². The molecule has 0 aliphatic carbocycles. The number of benzene rings is 2.